The molecule has 2 rings (SSSR count). The molecule has 0 saturated heterocycles. The van der Waals surface area contributed by atoms with E-state index >= 15 is 0 Å². The monoisotopic (exact) mass is 222 g/mol. The molecule has 1 aromatic rings. The number of rotatable bonds is 3. The molecular weight excluding hydrogens is 204 g/mol. The van der Waals surface area contributed by atoms with Crippen molar-refractivity contribution < 1.29 is 5.11 Å². The van der Waals surface area contributed by atoms with E-state index in [9.17, 15) is 0 Å². The lowest BCUT2D eigenvalue weighted by Gasteiger charge is -2.21. The summed E-state index contributed by atoms with van der Waals surface area (Å²) in [5.41, 5.74) is 1.02. The Morgan fingerprint density at radius 3 is 2.73 bits per heavy atom. The number of hydrogen-bond donors (Lipinski definition) is 1. The first-order valence-electron chi connectivity index (χ1n) is 5.75. The van der Waals surface area contributed by atoms with Crippen LogP contribution in [0.2, 0.25) is 0 Å². The smallest absolute Gasteiger partial charge is 0.0682 e. The Balaban J connectivity index is 1.96. The minimum Gasteiger partial charge on any atom is -0.392 e. The summed E-state index contributed by atoms with van der Waals surface area (Å²) in [7, 11) is 0. The third kappa shape index (κ3) is 3.25. The second kappa shape index (κ2) is 5.57. The average molecular weight is 222 g/mol. The summed E-state index contributed by atoms with van der Waals surface area (Å²) in [6.07, 6.45) is 6.89. The zero-order valence-corrected chi connectivity index (χ0v) is 9.80. The molecule has 15 heavy (non-hydrogen) atoms. The largest absolute Gasteiger partial charge is 0.392 e. The van der Waals surface area contributed by atoms with Gasteiger partial charge in [-0.05, 0) is 30.5 Å². The molecule has 1 aliphatic rings. The summed E-state index contributed by atoms with van der Waals surface area (Å²) in [6.45, 7) is 0.152. The molecule has 1 aromatic carbocycles. The van der Waals surface area contributed by atoms with Crippen molar-refractivity contribution in [2.75, 3.05) is 0 Å². The third-order valence-electron chi connectivity index (χ3n) is 2.94. The molecule has 2 heteroatoms. The summed E-state index contributed by atoms with van der Waals surface area (Å²) in [6, 6.07) is 8.28. The number of thioether (sulfide) groups is 1. The van der Waals surface area contributed by atoms with Crippen LogP contribution in [0.25, 0.3) is 0 Å². The molecule has 0 aliphatic heterocycles. The molecule has 0 unspecified atom stereocenters. The summed E-state index contributed by atoms with van der Waals surface area (Å²) < 4.78 is 0. The predicted octanol–water partition coefficient (Wildman–Crippen LogP) is 3.60. The van der Waals surface area contributed by atoms with Crippen molar-refractivity contribution in [1.29, 1.82) is 0 Å². The molecule has 0 amide bonds. The minimum absolute atomic E-state index is 0.152. The highest BCUT2D eigenvalue weighted by molar-refractivity contribution is 8.00. The van der Waals surface area contributed by atoms with Gasteiger partial charge in [-0.15, -0.1) is 11.8 Å². The predicted molar refractivity (Wildman–Crippen MR) is 65.1 cm³/mol. The van der Waals surface area contributed by atoms with E-state index in [2.05, 4.69) is 12.1 Å². The van der Waals surface area contributed by atoms with Gasteiger partial charge >= 0.3 is 0 Å². The second-order valence-corrected chi connectivity index (χ2v) is 5.56. The van der Waals surface area contributed by atoms with Crippen molar-refractivity contribution in [1.82, 2.24) is 0 Å². The number of benzene rings is 1. The molecule has 1 nitrogen and oxygen atoms in total. The Hall–Kier alpha value is -0.470. The van der Waals surface area contributed by atoms with Crippen LogP contribution in [-0.4, -0.2) is 10.4 Å². The molecule has 0 spiro atoms. The summed E-state index contributed by atoms with van der Waals surface area (Å²) >= 11 is 1.98. The fraction of sp³-hybridized carbons (Fsp3) is 0.538. The highest BCUT2D eigenvalue weighted by atomic mass is 32.2. The van der Waals surface area contributed by atoms with Gasteiger partial charge in [0.25, 0.3) is 0 Å². The second-order valence-electron chi connectivity index (χ2n) is 4.18. The van der Waals surface area contributed by atoms with E-state index in [4.69, 9.17) is 5.11 Å². The van der Waals surface area contributed by atoms with Gasteiger partial charge in [-0.3, -0.25) is 0 Å². The third-order valence-corrected chi connectivity index (χ3v) is 4.27. The van der Waals surface area contributed by atoms with Crippen molar-refractivity contribution in [3.05, 3.63) is 29.8 Å². The minimum atomic E-state index is 0.152. The Labute approximate surface area is 95.9 Å². The Kier molecular flexibility index (Phi) is 4.09. The van der Waals surface area contributed by atoms with Gasteiger partial charge in [0.05, 0.1) is 6.61 Å². The van der Waals surface area contributed by atoms with Gasteiger partial charge in [-0.25, -0.2) is 0 Å². The SMILES string of the molecule is OCc1cccc(SC2CCCCC2)c1. The highest BCUT2D eigenvalue weighted by Crippen LogP contribution is 2.33. The normalized spacial score (nSPS) is 17.9. The van der Waals surface area contributed by atoms with Crippen LogP contribution in [0, 0.1) is 0 Å². The summed E-state index contributed by atoms with van der Waals surface area (Å²) in [4.78, 5) is 1.31. The number of aliphatic hydroxyl groups is 1. The van der Waals surface area contributed by atoms with E-state index in [1.165, 1.54) is 37.0 Å². The topological polar surface area (TPSA) is 20.2 Å². The molecule has 0 atom stereocenters. The van der Waals surface area contributed by atoms with Gasteiger partial charge in [0.15, 0.2) is 0 Å². The lowest BCUT2D eigenvalue weighted by molar-refractivity contribution is 0.281. The van der Waals surface area contributed by atoms with E-state index in [0.717, 1.165) is 10.8 Å². The van der Waals surface area contributed by atoms with Crippen LogP contribution in [0.1, 0.15) is 37.7 Å². The molecular formula is C13H18OS. The quantitative estimate of drug-likeness (QED) is 0.843. The van der Waals surface area contributed by atoms with E-state index in [0.29, 0.717) is 0 Å². The van der Waals surface area contributed by atoms with Crippen LogP contribution in [0.15, 0.2) is 29.2 Å². The van der Waals surface area contributed by atoms with Crippen molar-refractivity contribution in [2.45, 2.75) is 48.9 Å². The van der Waals surface area contributed by atoms with Crippen LogP contribution in [0.3, 0.4) is 0 Å². The van der Waals surface area contributed by atoms with Crippen LogP contribution < -0.4 is 0 Å². The van der Waals surface area contributed by atoms with Crippen LogP contribution in [0.5, 0.6) is 0 Å². The lowest BCUT2D eigenvalue weighted by atomic mass is 10.0. The summed E-state index contributed by atoms with van der Waals surface area (Å²) in [5, 5.41) is 9.86. The first-order chi connectivity index (χ1) is 7.38. The standard InChI is InChI=1S/C13H18OS/c14-10-11-5-4-8-13(9-11)15-12-6-2-1-3-7-12/h4-5,8-9,12,14H,1-3,6-7,10H2. The van der Waals surface area contributed by atoms with Gasteiger partial charge < -0.3 is 5.11 Å². The maximum absolute atomic E-state index is 9.06. The van der Waals surface area contributed by atoms with Gasteiger partial charge in [0, 0.05) is 10.1 Å². The Bertz CT molecular complexity index is 305. The van der Waals surface area contributed by atoms with Gasteiger partial charge in [-0.1, -0.05) is 31.4 Å². The van der Waals surface area contributed by atoms with Crippen molar-refractivity contribution in [3.8, 4) is 0 Å². The zero-order valence-electron chi connectivity index (χ0n) is 8.98. The molecule has 0 radical (unpaired) electrons. The van der Waals surface area contributed by atoms with Crippen LogP contribution >= 0.6 is 11.8 Å². The van der Waals surface area contributed by atoms with E-state index in [1.807, 2.05) is 23.9 Å². The van der Waals surface area contributed by atoms with Crippen molar-refractivity contribution in [2.24, 2.45) is 0 Å². The first-order valence-corrected chi connectivity index (χ1v) is 6.63. The molecule has 1 fully saturated rings. The average Bonchev–Trinajstić information content (AvgIpc) is 2.31. The molecule has 1 aliphatic carbocycles. The number of hydrogen-bond acceptors (Lipinski definition) is 2. The zero-order chi connectivity index (χ0) is 10.5. The highest BCUT2D eigenvalue weighted by Gasteiger charge is 2.14. The molecule has 82 valence electrons. The first kappa shape index (κ1) is 11.0. The fourth-order valence-electron chi connectivity index (χ4n) is 2.09. The summed E-state index contributed by atoms with van der Waals surface area (Å²) in [5.74, 6) is 0. The number of aliphatic hydroxyl groups excluding tert-OH is 1. The molecule has 0 heterocycles. The molecule has 0 bridgehead atoms. The lowest BCUT2D eigenvalue weighted by Crippen LogP contribution is -2.07. The van der Waals surface area contributed by atoms with Crippen molar-refractivity contribution in [3.63, 3.8) is 0 Å². The van der Waals surface area contributed by atoms with E-state index in [1.54, 1.807) is 0 Å². The molecule has 1 N–H and O–H groups in total. The van der Waals surface area contributed by atoms with E-state index < -0.39 is 0 Å². The van der Waals surface area contributed by atoms with Crippen LogP contribution in [-0.2, 0) is 6.61 Å². The van der Waals surface area contributed by atoms with Gasteiger partial charge in [0.2, 0.25) is 0 Å². The molecule has 1 saturated carbocycles. The Morgan fingerprint density at radius 2 is 2.00 bits per heavy atom. The molecule has 0 aromatic heterocycles. The van der Waals surface area contributed by atoms with Crippen molar-refractivity contribution >= 4 is 11.8 Å². The fourth-order valence-corrected chi connectivity index (χ4v) is 3.42. The maximum atomic E-state index is 9.06. The van der Waals surface area contributed by atoms with Crippen LogP contribution in [0.4, 0.5) is 0 Å². The van der Waals surface area contributed by atoms with Gasteiger partial charge in [-0.2, -0.15) is 0 Å². The van der Waals surface area contributed by atoms with E-state index in [-0.39, 0.29) is 6.61 Å². The maximum Gasteiger partial charge on any atom is 0.0682 e. The van der Waals surface area contributed by atoms with Gasteiger partial charge in [0.1, 0.15) is 0 Å². The Morgan fingerprint density at radius 1 is 1.20 bits per heavy atom.